The number of benzene rings is 1. The number of aromatic nitrogens is 3. The smallest absolute Gasteiger partial charge is 0.308 e. The molecular formula is C19H18N4O3S. The average Bonchev–Trinajstić information content (AvgIpc) is 3.41. The van der Waals surface area contributed by atoms with Crippen LogP contribution in [-0.4, -0.2) is 37.8 Å². The second kappa shape index (κ2) is 7.32. The van der Waals surface area contributed by atoms with E-state index in [4.69, 9.17) is 0 Å². The lowest BCUT2D eigenvalue weighted by Gasteiger charge is -2.16. The van der Waals surface area contributed by atoms with Crippen molar-refractivity contribution < 1.29 is 14.7 Å². The summed E-state index contributed by atoms with van der Waals surface area (Å²) in [5.41, 5.74) is 0.803. The Morgan fingerprint density at radius 3 is 2.67 bits per heavy atom. The highest BCUT2D eigenvalue weighted by atomic mass is 32.1. The molecule has 0 spiro atoms. The maximum atomic E-state index is 12.7. The molecule has 1 saturated carbocycles. The Balaban J connectivity index is 1.65. The van der Waals surface area contributed by atoms with Gasteiger partial charge in [-0.2, -0.15) is 0 Å². The number of carbonyl (C=O) groups excluding carboxylic acids is 1. The first kappa shape index (κ1) is 17.4. The molecule has 0 aliphatic heterocycles. The van der Waals surface area contributed by atoms with Gasteiger partial charge in [0.1, 0.15) is 0 Å². The van der Waals surface area contributed by atoms with Crippen molar-refractivity contribution in [3.8, 4) is 16.4 Å². The van der Waals surface area contributed by atoms with E-state index in [1.807, 2.05) is 47.8 Å². The van der Waals surface area contributed by atoms with Crippen LogP contribution in [0.2, 0.25) is 0 Å². The zero-order valence-electron chi connectivity index (χ0n) is 14.4. The fourth-order valence-electron chi connectivity index (χ4n) is 3.38. The first-order valence-electron chi connectivity index (χ1n) is 8.73. The number of nitrogens with zero attached hydrogens (tertiary/aromatic N) is 3. The molecule has 4 rings (SSSR count). The van der Waals surface area contributed by atoms with Crippen LogP contribution in [0.1, 0.15) is 29.9 Å². The van der Waals surface area contributed by atoms with Crippen LogP contribution in [0.15, 0.2) is 47.8 Å². The molecule has 0 bridgehead atoms. The van der Waals surface area contributed by atoms with Gasteiger partial charge >= 0.3 is 5.97 Å². The lowest BCUT2D eigenvalue weighted by molar-refractivity contribution is -0.142. The molecule has 1 aliphatic carbocycles. The van der Waals surface area contributed by atoms with E-state index in [2.05, 4.69) is 15.4 Å². The Labute approximate surface area is 159 Å². The van der Waals surface area contributed by atoms with E-state index in [-0.39, 0.29) is 11.9 Å². The fraction of sp³-hybridized carbons (Fsp3) is 0.263. The lowest BCUT2D eigenvalue weighted by Crippen LogP contribution is -2.40. The minimum atomic E-state index is -0.875. The molecule has 2 aromatic heterocycles. The zero-order valence-corrected chi connectivity index (χ0v) is 15.2. The molecule has 0 saturated heterocycles. The van der Waals surface area contributed by atoms with E-state index in [1.54, 1.807) is 4.68 Å². The van der Waals surface area contributed by atoms with Gasteiger partial charge in [-0.3, -0.25) is 9.59 Å². The molecule has 2 atom stereocenters. The van der Waals surface area contributed by atoms with Gasteiger partial charge in [0.05, 0.1) is 16.5 Å². The standard InChI is InChI=1S/C19H18N4O3S/c24-18(20-14-9-4-8-13(14)19(25)26)16-21-17(15-10-5-11-27-15)23(22-16)12-6-2-1-3-7-12/h1-3,5-7,10-11,13-14H,4,8-9H2,(H,20,24)(H,25,26)/t13-,14+/m1/s1. The van der Waals surface area contributed by atoms with E-state index in [0.717, 1.165) is 17.0 Å². The number of rotatable bonds is 5. The van der Waals surface area contributed by atoms with Crippen molar-refractivity contribution in [1.29, 1.82) is 0 Å². The number of amides is 1. The predicted molar refractivity (Wildman–Crippen MR) is 101 cm³/mol. The van der Waals surface area contributed by atoms with E-state index in [1.165, 1.54) is 11.3 Å². The summed E-state index contributed by atoms with van der Waals surface area (Å²) in [5.74, 6) is -1.25. The van der Waals surface area contributed by atoms with E-state index < -0.39 is 17.8 Å². The number of hydrogen-bond donors (Lipinski definition) is 2. The van der Waals surface area contributed by atoms with E-state index >= 15 is 0 Å². The fourth-order valence-corrected chi connectivity index (χ4v) is 4.08. The maximum absolute atomic E-state index is 12.7. The van der Waals surface area contributed by atoms with Gasteiger partial charge in [-0.15, -0.1) is 16.4 Å². The van der Waals surface area contributed by atoms with Gasteiger partial charge in [0.25, 0.3) is 5.91 Å². The van der Waals surface area contributed by atoms with Crippen molar-refractivity contribution in [3.63, 3.8) is 0 Å². The predicted octanol–water partition coefficient (Wildman–Crippen LogP) is 2.98. The van der Waals surface area contributed by atoms with Crippen LogP contribution in [0.3, 0.4) is 0 Å². The zero-order chi connectivity index (χ0) is 18.8. The van der Waals surface area contributed by atoms with Crippen LogP contribution in [-0.2, 0) is 4.79 Å². The second-order valence-electron chi connectivity index (χ2n) is 6.44. The summed E-state index contributed by atoms with van der Waals surface area (Å²) in [4.78, 5) is 29.4. The number of carboxylic acids is 1. The number of carboxylic acid groups (broad SMARTS) is 1. The van der Waals surface area contributed by atoms with Gasteiger partial charge in [0.15, 0.2) is 5.82 Å². The Kier molecular flexibility index (Phi) is 4.72. The van der Waals surface area contributed by atoms with E-state index in [9.17, 15) is 14.7 Å². The monoisotopic (exact) mass is 382 g/mol. The van der Waals surface area contributed by atoms with Crippen LogP contribution < -0.4 is 5.32 Å². The van der Waals surface area contributed by atoms with Gasteiger partial charge in [-0.1, -0.05) is 30.7 Å². The maximum Gasteiger partial charge on any atom is 0.308 e. The molecule has 2 N–H and O–H groups in total. The molecule has 138 valence electrons. The molecule has 1 aromatic carbocycles. The van der Waals surface area contributed by atoms with Crippen molar-refractivity contribution >= 4 is 23.2 Å². The molecule has 0 unspecified atom stereocenters. The molecule has 8 heteroatoms. The highest BCUT2D eigenvalue weighted by molar-refractivity contribution is 7.13. The average molecular weight is 382 g/mol. The minimum Gasteiger partial charge on any atom is -0.481 e. The first-order chi connectivity index (χ1) is 13.1. The van der Waals surface area contributed by atoms with Crippen LogP contribution in [0.4, 0.5) is 0 Å². The summed E-state index contributed by atoms with van der Waals surface area (Å²) >= 11 is 1.51. The number of thiophene rings is 1. The molecule has 0 radical (unpaired) electrons. The Hall–Kier alpha value is -3.00. The molecule has 27 heavy (non-hydrogen) atoms. The molecular weight excluding hydrogens is 364 g/mol. The Morgan fingerprint density at radius 1 is 1.15 bits per heavy atom. The normalized spacial score (nSPS) is 19.1. The summed E-state index contributed by atoms with van der Waals surface area (Å²) in [6, 6.07) is 12.9. The second-order valence-corrected chi connectivity index (χ2v) is 7.39. The third kappa shape index (κ3) is 3.48. The SMILES string of the molecule is O=C(N[C@H]1CCC[C@H]1C(=O)O)c1nc(-c2cccs2)n(-c2ccccc2)n1. The van der Waals surface area contributed by atoms with Gasteiger partial charge in [0, 0.05) is 6.04 Å². The molecule has 3 aromatic rings. The number of nitrogens with one attached hydrogen (secondary N) is 1. The number of aliphatic carboxylic acids is 1. The highest BCUT2D eigenvalue weighted by Gasteiger charge is 2.34. The van der Waals surface area contributed by atoms with Crippen molar-refractivity contribution in [2.75, 3.05) is 0 Å². The highest BCUT2D eigenvalue weighted by Crippen LogP contribution is 2.27. The quantitative estimate of drug-likeness (QED) is 0.707. The molecule has 1 aliphatic rings. The largest absolute Gasteiger partial charge is 0.481 e. The van der Waals surface area contributed by atoms with Crippen LogP contribution in [0, 0.1) is 5.92 Å². The van der Waals surface area contributed by atoms with Crippen LogP contribution >= 0.6 is 11.3 Å². The number of carbonyl (C=O) groups is 2. The summed E-state index contributed by atoms with van der Waals surface area (Å²) in [6.45, 7) is 0. The Bertz CT molecular complexity index is 953. The van der Waals surface area contributed by atoms with Crippen molar-refractivity contribution in [2.24, 2.45) is 5.92 Å². The van der Waals surface area contributed by atoms with Crippen molar-refractivity contribution in [3.05, 3.63) is 53.7 Å². The lowest BCUT2D eigenvalue weighted by atomic mass is 10.0. The molecule has 7 nitrogen and oxygen atoms in total. The summed E-state index contributed by atoms with van der Waals surface area (Å²) < 4.78 is 1.64. The topological polar surface area (TPSA) is 97.1 Å². The minimum absolute atomic E-state index is 0.0401. The van der Waals surface area contributed by atoms with Gasteiger partial charge in [-0.05, 0) is 36.4 Å². The van der Waals surface area contributed by atoms with Crippen molar-refractivity contribution in [1.82, 2.24) is 20.1 Å². The first-order valence-corrected chi connectivity index (χ1v) is 9.61. The van der Waals surface area contributed by atoms with Crippen molar-refractivity contribution in [2.45, 2.75) is 25.3 Å². The Morgan fingerprint density at radius 2 is 1.96 bits per heavy atom. The molecule has 1 amide bonds. The molecule has 1 fully saturated rings. The van der Waals surface area contributed by atoms with Gasteiger partial charge in [0.2, 0.25) is 5.82 Å². The summed E-state index contributed by atoms with van der Waals surface area (Å²) in [5, 5.41) is 18.5. The number of para-hydroxylation sites is 1. The van der Waals surface area contributed by atoms with Crippen LogP contribution in [0.5, 0.6) is 0 Å². The third-order valence-electron chi connectivity index (χ3n) is 4.70. The van der Waals surface area contributed by atoms with E-state index in [0.29, 0.717) is 18.7 Å². The van der Waals surface area contributed by atoms with Crippen LogP contribution in [0.25, 0.3) is 16.4 Å². The number of hydrogen-bond acceptors (Lipinski definition) is 5. The summed E-state index contributed by atoms with van der Waals surface area (Å²) in [7, 11) is 0. The van der Waals surface area contributed by atoms with Gasteiger partial charge in [-0.25, -0.2) is 9.67 Å². The summed E-state index contributed by atoms with van der Waals surface area (Å²) in [6.07, 6.45) is 2.01. The third-order valence-corrected chi connectivity index (χ3v) is 5.57. The van der Waals surface area contributed by atoms with Gasteiger partial charge < -0.3 is 10.4 Å². The molecule has 2 heterocycles.